The second-order valence-corrected chi connectivity index (χ2v) is 5.56. The van der Waals surface area contributed by atoms with Gasteiger partial charge in [-0.15, -0.1) is 0 Å². The topological polar surface area (TPSA) is 63.7 Å². The minimum Gasteiger partial charge on any atom is -0.465 e. The summed E-state index contributed by atoms with van der Waals surface area (Å²) in [5, 5.41) is 0.341. The summed E-state index contributed by atoms with van der Waals surface area (Å²) in [7, 11) is 1.24. The van der Waals surface area contributed by atoms with Crippen LogP contribution in [-0.2, 0) is 4.74 Å². The average molecular weight is 350 g/mol. The molecule has 0 atom stereocenters. The van der Waals surface area contributed by atoms with Gasteiger partial charge < -0.3 is 4.74 Å². The molecule has 2 aromatic rings. The Kier molecular flexibility index (Phi) is 3.83. The van der Waals surface area contributed by atoms with Crippen LogP contribution in [0.3, 0.4) is 0 Å². The number of hydrogen-bond donors (Lipinski definition) is 0. The molecule has 5 nitrogen and oxygen atoms in total. The molecule has 1 heterocycles. The van der Waals surface area contributed by atoms with Crippen LogP contribution in [0.25, 0.3) is 0 Å². The number of anilines is 1. The van der Waals surface area contributed by atoms with Gasteiger partial charge in [-0.1, -0.05) is 29.3 Å². The molecule has 1 aliphatic rings. The van der Waals surface area contributed by atoms with Gasteiger partial charge in [-0.2, -0.15) is 0 Å². The number of nitrogens with zero attached hydrogens (tertiary/aromatic N) is 1. The smallest absolute Gasteiger partial charge is 0.337 e. The van der Waals surface area contributed by atoms with E-state index in [1.165, 1.54) is 31.4 Å². The lowest BCUT2D eigenvalue weighted by Crippen LogP contribution is -2.29. The van der Waals surface area contributed by atoms with Crippen LogP contribution in [0.1, 0.15) is 31.1 Å². The maximum atomic E-state index is 12.6. The first-order chi connectivity index (χ1) is 11.0. The number of rotatable bonds is 2. The quantitative estimate of drug-likeness (QED) is 0.614. The molecule has 0 saturated heterocycles. The van der Waals surface area contributed by atoms with Crippen molar-refractivity contribution in [3.05, 3.63) is 63.1 Å². The Bertz CT molecular complexity index is 863. The number of fused-ring (bicyclic) bond motifs is 1. The predicted molar refractivity (Wildman–Crippen MR) is 85.4 cm³/mol. The van der Waals surface area contributed by atoms with E-state index in [0.717, 1.165) is 4.90 Å². The van der Waals surface area contributed by atoms with Gasteiger partial charge in [-0.05, 0) is 30.3 Å². The highest BCUT2D eigenvalue weighted by molar-refractivity contribution is 6.46. The summed E-state index contributed by atoms with van der Waals surface area (Å²) >= 11 is 12.0. The molecule has 0 N–H and O–H groups in total. The third-order valence-electron chi connectivity index (χ3n) is 3.48. The summed E-state index contributed by atoms with van der Waals surface area (Å²) in [5.41, 5.74) is 0.698. The lowest BCUT2D eigenvalue weighted by Gasteiger charge is -2.15. The first-order valence-electron chi connectivity index (χ1n) is 6.51. The molecular formula is C16H9Cl2NO4. The molecule has 1 aliphatic heterocycles. The minimum atomic E-state index is -0.590. The Morgan fingerprint density at radius 1 is 1.04 bits per heavy atom. The molecule has 7 heteroatoms. The van der Waals surface area contributed by atoms with Crippen LogP contribution in [0.5, 0.6) is 0 Å². The SMILES string of the molecule is COC(=O)c1ccc2c(c1)C(=O)N(c1cccc(Cl)c1Cl)C2=O. The number of benzene rings is 2. The highest BCUT2D eigenvalue weighted by Crippen LogP contribution is 2.37. The number of esters is 1. The Balaban J connectivity index is 2.11. The average Bonchev–Trinajstić information content (AvgIpc) is 2.80. The number of carbonyl (C=O) groups excluding carboxylic acids is 3. The van der Waals surface area contributed by atoms with Crippen LogP contribution in [0.15, 0.2) is 36.4 Å². The molecule has 0 spiro atoms. The summed E-state index contributed by atoms with van der Waals surface area (Å²) in [6.07, 6.45) is 0. The molecule has 3 rings (SSSR count). The molecule has 0 unspecified atom stereocenters. The number of halogens is 2. The van der Waals surface area contributed by atoms with Gasteiger partial charge in [0.05, 0.1) is 39.5 Å². The van der Waals surface area contributed by atoms with Crippen molar-refractivity contribution in [3.63, 3.8) is 0 Å². The van der Waals surface area contributed by atoms with E-state index in [0.29, 0.717) is 0 Å². The van der Waals surface area contributed by atoms with Crippen molar-refractivity contribution in [1.82, 2.24) is 0 Å². The number of ether oxygens (including phenoxy) is 1. The van der Waals surface area contributed by atoms with E-state index in [9.17, 15) is 14.4 Å². The van der Waals surface area contributed by atoms with Gasteiger partial charge >= 0.3 is 5.97 Å². The summed E-state index contributed by atoms with van der Waals surface area (Å²) in [6.45, 7) is 0. The van der Waals surface area contributed by atoms with Gasteiger partial charge in [0.25, 0.3) is 11.8 Å². The van der Waals surface area contributed by atoms with Crippen molar-refractivity contribution in [2.45, 2.75) is 0 Å². The minimum absolute atomic E-state index is 0.108. The largest absolute Gasteiger partial charge is 0.465 e. The van der Waals surface area contributed by atoms with Crippen molar-refractivity contribution in [2.75, 3.05) is 12.0 Å². The summed E-state index contributed by atoms with van der Waals surface area (Å²) in [6, 6.07) is 8.85. The van der Waals surface area contributed by atoms with E-state index in [1.54, 1.807) is 12.1 Å². The maximum absolute atomic E-state index is 12.6. The number of amides is 2. The Hall–Kier alpha value is -2.37. The predicted octanol–water partition coefficient (Wildman–Crippen LogP) is 3.58. The van der Waals surface area contributed by atoms with Crippen molar-refractivity contribution in [3.8, 4) is 0 Å². The summed E-state index contributed by atoms with van der Waals surface area (Å²) in [4.78, 5) is 37.6. The highest BCUT2D eigenvalue weighted by Gasteiger charge is 2.38. The number of imide groups is 1. The molecule has 0 saturated carbocycles. The molecule has 0 aliphatic carbocycles. The van der Waals surface area contributed by atoms with Crippen LogP contribution in [-0.4, -0.2) is 24.9 Å². The van der Waals surface area contributed by atoms with E-state index in [1.807, 2.05) is 0 Å². The van der Waals surface area contributed by atoms with Gasteiger partial charge in [0, 0.05) is 0 Å². The van der Waals surface area contributed by atoms with Crippen LogP contribution in [0.4, 0.5) is 5.69 Å². The van der Waals surface area contributed by atoms with E-state index in [4.69, 9.17) is 23.2 Å². The van der Waals surface area contributed by atoms with Crippen molar-refractivity contribution < 1.29 is 19.1 Å². The van der Waals surface area contributed by atoms with Gasteiger partial charge in [0.15, 0.2) is 0 Å². The Labute approximate surface area is 141 Å². The summed E-state index contributed by atoms with van der Waals surface area (Å²) in [5.74, 6) is -1.68. The Morgan fingerprint density at radius 3 is 2.43 bits per heavy atom. The van der Waals surface area contributed by atoms with Gasteiger partial charge in [0.2, 0.25) is 0 Å². The first kappa shape index (κ1) is 15.5. The van der Waals surface area contributed by atoms with Crippen molar-refractivity contribution in [1.29, 1.82) is 0 Å². The second kappa shape index (κ2) is 5.68. The van der Waals surface area contributed by atoms with Crippen LogP contribution >= 0.6 is 23.2 Å². The molecule has 0 aromatic heterocycles. The fraction of sp³-hybridized carbons (Fsp3) is 0.0625. The molecule has 2 aromatic carbocycles. The monoisotopic (exact) mass is 349 g/mol. The fourth-order valence-electron chi connectivity index (χ4n) is 2.37. The standard InChI is InChI=1S/C16H9Cl2NO4/c1-23-16(22)8-5-6-9-10(7-8)15(21)19(14(9)20)12-4-2-3-11(17)13(12)18/h2-7H,1H3. The van der Waals surface area contributed by atoms with Gasteiger partial charge in [0.1, 0.15) is 0 Å². The van der Waals surface area contributed by atoms with Crippen LogP contribution < -0.4 is 4.90 Å². The molecule has 116 valence electrons. The van der Waals surface area contributed by atoms with E-state index in [-0.39, 0.29) is 32.4 Å². The zero-order chi connectivity index (χ0) is 16.7. The number of hydrogen-bond acceptors (Lipinski definition) is 4. The number of carbonyl (C=O) groups is 3. The van der Waals surface area contributed by atoms with Gasteiger partial charge in [-0.25, -0.2) is 9.69 Å². The number of methoxy groups -OCH3 is 1. The summed E-state index contributed by atoms with van der Waals surface area (Å²) < 4.78 is 4.62. The Morgan fingerprint density at radius 2 is 1.74 bits per heavy atom. The zero-order valence-corrected chi connectivity index (χ0v) is 13.3. The molecule has 0 radical (unpaired) electrons. The molecule has 0 fully saturated rings. The van der Waals surface area contributed by atoms with Crippen LogP contribution in [0.2, 0.25) is 10.0 Å². The van der Waals surface area contributed by atoms with Crippen LogP contribution in [0, 0.1) is 0 Å². The molecular weight excluding hydrogens is 341 g/mol. The fourth-order valence-corrected chi connectivity index (χ4v) is 2.75. The lowest BCUT2D eigenvalue weighted by atomic mass is 10.1. The lowest BCUT2D eigenvalue weighted by molar-refractivity contribution is 0.0600. The zero-order valence-electron chi connectivity index (χ0n) is 11.8. The maximum Gasteiger partial charge on any atom is 0.337 e. The van der Waals surface area contributed by atoms with E-state index >= 15 is 0 Å². The van der Waals surface area contributed by atoms with Crippen molar-refractivity contribution >= 4 is 46.7 Å². The third-order valence-corrected chi connectivity index (χ3v) is 4.29. The molecule has 23 heavy (non-hydrogen) atoms. The third kappa shape index (κ3) is 2.38. The normalized spacial score (nSPS) is 13.3. The molecule has 0 bridgehead atoms. The molecule has 2 amide bonds. The second-order valence-electron chi connectivity index (χ2n) is 4.77. The van der Waals surface area contributed by atoms with E-state index < -0.39 is 17.8 Å². The van der Waals surface area contributed by atoms with Crippen molar-refractivity contribution in [2.24, 2.45) is 0 Å². The van der Waals surface area contributed by atoms with E-state index in [2.05, 4.69) is 4.74 Å². The van der Waals surface area contributed by atoms with Gasteiger partial charge in [-0.3, -0.25) is 9.59 Å². The first-order valence-corrected chi connectivity index (χ1v) is 7.26. The highest BCUT2D eigenvalue weighted by atomic mass is 35.5.